The zero-order valence-corrected chi connectivity index (χ0v) is 7.78. The van der Waals surface area contributed by atoms with Crippen molar-refractivity contribution in [1.29, 1.82) is 0 Å². The third kappa shape index (κ3) is 7.83. The van der Waals surface area contributed by atoms with E-state index in [1.54, 1.807) is 23.0 Å². The molecule has 1 rings (SSSR count). The molecule has 0 atom stereocenters. The summed E-state index contributed by atoms with van der Waals surface area (Å²) in [6.45, 7) is -1.03. The summed E-state index contributed by atoms with van der Waals surface area (Å²) >= 11 is 4.82. The highest BCUT2D eigenvalue weighted by molar-refractivity contribution is 9.11. The van der Waals surface area contributed by atoms with E-state index in [1.165, 1.54) is 0 Å². The number of aromatic nitrogens is 1. The molecular formula is C5H6BrF2NOS. The predicted molar refractivity (Wildman–Crippen MR) is 42.9 cm³/mol. The minimum atomic E-state index is -2.56. The molecule has 6 heteroatoms. The second-order valence-corrected chi connectivity index (χ2v) is 3.64. The number of alkyl halides is 2. The Hall–Kier alpha value is -0.0700. The van der Waals surface area contributed by atoms with E-state index in [2.05, 4.69) is 20.9 Å². The van der Waals surface area contributed by atoms with Crippen LogP contribution >= 0.6 is 27.3 Å². The van der Waals surface area contributed by atoms with Gasteiger partial charge in [0.2, 0.25) is 0 Å². The molecule has 11 heavy (non-hydrogen) atoms. The van der Waals surface area contributed by atoms with Crippen LogP contribution < -0.4 is 0 Å². The summed E-state index contributed by atoms with van der Waals surface area (Å²) in [5.74, 6) is 0. The molecule has 0 unspecified atom stereocenters. The first kappa shape index (κ1) is 10.9. The lowest BCUT2D eigenvalue weighted by atomic mass is 10.8. The van der Waals surface area contributed by atoms with Crippen LogP contribution in [0.4, 0.5) is 8.78 Å². The van der Waals surface area contributed by atoms with E-state index < -0.39 is 13.0 Å². The summed E-state index contributed by atoms with van der Waals surface area (Å²) in [5, 5.41) is 7.39. The Labute approximate surface area is 75.0 Å². The largest absolute Gasteiger partial charge is 0.390 e. The number of hydrogen-bond acceptors (Lipinski definition) is 3. The van der Waals surface area contributed by atoms with Crippen molar-refractivity contribution in [2.24, 2.45) is 0 Å². The van der Waals surface area contributed by atoms with E-state index >= 15 is 0 Å². The zero-order chi connectivity index (χ0) is 8.69. The van der Waals surface area contributed by atoms with Gasteiger partial charge in [0.1, 0.15) is 6.61 Å². The molecule has 2 nitrogen and oxygen atoms in total. The van der Waals surface area contributed by atoms with E-state index in [9.17, 15) is 8.78 Å². The summed E-state index contributed by atoms with van der Waals surface area (Å²) in [4.78, 5) is 3.79. The average Bonchev–Trinajstić information content (AvgIpc) is 2.41. The maximum atomic E-state index is 10.5. The Bertz CT molecular complexity index is 171. The Morgan fingerprint density at radius 3 is 2.36 bits per heavy atom. The predicted octanol–water partition coefficient (Wildman–Crippen LogP) is 2.15. The molecule has 0 amide bonds. The van der Waals surface area contributed by atoms with Gasteiger partial charge in [0.05, 0.1) is 15.5 Å². The number of rotatable bonds is 1. The SMILES string of the molecule is Brc1cncs1.OCC(F)F. The van der Waals surface area contributed by atoms with Crippen molar-refractivity contribution in [3.05, 3.63) is 15.5 Å². The molecule has 1 N–H and O–H groups in total. The maximum absolute atomic E-state index is 10.5. The van der Waals surface area contributed by atoms with Gasteiger partial charge in [0.15, 0.2) is 0 Å². The summed E-state index contributed by atoms with van der Waals surface area (Å²) in [5.41, 5.74) is 1.78. The summed E-state index contributed by atoms with van der Waals surface area (Å²) < 4.78 is 22.1. The fraction of sp³-hybridized carbons (Fsp3) is 0.400. The van der Waals surface area contributed by atoms with Crippen LogP contribution in [0.2, 0.25) is 0 Å². The molecule has 0 aliphatic heterocycles. The van der Waals surface area contributed by atoms with E-state index in [-0.39, 0.29) is 0 Å². The van der Waals surface area contributed by atoms with E-state index in [1.807, 2.05) is 0 Å². The molecule has 0 aliphatic carbocycles. The quantitative estimate of drug-likeness (QED) is 0.823. The molecule has 0 bridgehead atoms. The van der Waals surface area contributed by atoms with Gasteiger partial charge in [-0.1, -0.05) is 0 Å². The molecule has 0 saturated carbocycles. The number of halogens is 3. The third-order valence-corrected chi connectivity index (χ3v) is 1.86. The van der Waals surface area contributed by atoms with E-state index in [0.29, 0.717) is 0 Å². The van der Waals surface area contributed by atoms with Gasteiger partial charge in [-0.05, 0) is 15.9 Å². The van der Waals surface area contributed by atoms with Gasteiger partial charge >= 0.3 is 0 Å². The monoisotopic (exact) mass is 245 g/mol. The van der Waals surface area contributed by atoms with Crippen LogP contribution in [0.3, 0.4) is 0 Å². The lowest BCUT2D eigenvalue weighted by Crippen LogP contribution is -1.94. The van der Waals surface area contributed by atoms with Crippen molar-refractivity contribution in [3.63, 3.8) is 0 Å². The van der Waals surface area contributed by atoms with Gasteiger partial charge in [0, 0.05) is 0 Å². The lowest BCUT2D eigenvalue weighted by molar-refractivity contribution is 0.0700. The summed E-state index contributed by atoms with van der Waals surface area (Å²) in [6, 6.07) is 0. The van der Waals surface area contributed by atoms with E-state index in [4.69, 9.17) is 5.11 Å². The maximum Gasteiger partial charge on any atom is 0.261 e. The van der Waals surface area contributed by atoms with Gasteiger partial charge < -0.3 is 5.11 Å². The third-order valence-electron chi connectivity index (χ3n) is 0.540. The molecule has 0 radical (unpaired) electrons. The van der Waals surface area contributed by atoms with Crippen molar-refractivity contribution < 1.29 is 13.9 Å². The fourth-order valence-electron chi connectivity index (χ4n) is 0.200. The Balaban J connectivity index is 0.000000187. The molecule has 0 spiro atoms. The van der Waals surface area contributed by atoms with Crippen LogP contribution in [0.5, 0.6) is 0 Å². The number of thiazole rings is 1. The van der Waals surface area contributed by atoms with Crippen LogP contribution in [0.25, 0.3) is 0 Å². The normalized spacial score (nSPS) is 9.18. The Kier molecular flexibility index (Phi) is 6.59. The standard InChI is InChI=1S/C3H2BrNS.C2H4F2O/c4-3-1-5-2-6-3;3-2(4)1-5/h1-2H;2,5H,1H2. The highest BCUT2D eigenvalue weighted by Gasteiger charge is 1.92. The molecule has 64 valence electrons. The van der Waals surface area contributed by atoms with Crippen LogP contribution in [-0.2, 0) is 0 Å². The molecule has 0 saturated heterocycles. The van der Waals surface area contributed by atoms with Gasteiger partial charge in [-0.15, -0.1) is 11.3 Å². The van der Waals surface area contributed by atoms with Crippen LogP contribution in [-0.4, -0.2) is 23.1 Å². The highest BCUT2D eigenvalue weighted by atomic mass is 79.9. The topological polar surface area (TPSA) is 33.1 Å². The van der Waals surface area contributed by atoms with Crippen molar-refractivity contribution in [2.45, 2.75) is 6.43 Å². The molecule has 0 aromatic carbocycles. The summed E-state index contributed by atoms with van der Waals surface area (Å²) in [7, 11) is 0. The Morgan fingerprint density at radius 1 is 1.73 bits per heavy atom. The molecule has 1 aromatic heterocycles. The van der Waals surface area contributed by atoms with Crippen molar-refractivity contribution >= 4 is 27.3 Å². The van der Waals surface area contributed by atoms with Crippen LogP contribution in [0.15, 0.2) is 15.5 Å². The molecule has 1 heterocycles. The van der Waals surface area contributed by atoms with Crippen molar-refractivity contribution in [2.75, 3.05) is 6.61 Å². The van der Waals surface area contributed by atoms with E-state index in [0.717, 1.165) is 3.79 Å². The number of hydrogen-bond donors (Lipinski definition) is 1. The van der Waals surface area contributed by atoms with Crippen LogP contribution in [0.1, 0.15) is 0 Å². The second kappa shape index (κ2) is 6.63. The minimum Gasteiger partial charge on any atom is -0.390 e. The highest BCUT2D eigenvalue weighted by Crippen LogP contribution is 2.12. The average molecular weight is 246 g/mol. The first-order valence-corrected chi connectivity index (χ1v) is 4.27. The molecule has 1 aromatic rings. The van der Waals surface area contributed by atoms with Gasteiger partial charge in [-0.3, -0.25) is 4.98 Å². The zero-order valence-electron chi connectivity index (χ0n) is 5.38. The second-order valence-electron chi connectivity index (χ2n) is 1.38. The smallest absolute Gasteiger partial charge is 0.261 e. The molecular weight excluding hydrogens is 240 g/mol. The lowest BCUT2D eigenvalue weighted by Gasteiger charge is -1.81. The van der Waals surface area contributed by atoms with Gasteiger partial charge in [-0.25, -0.2) is 8.78 Å². The number of aliphatic hydroxyl groups excluding tert-OH is 1. The number of aliphatic hydroxyl groups is 1. The minimum absolute atomic E-state index is 1.03. The van der Waals surface area contributed by atoms with Gasteiger partial charge in [-0.2, -0.15) is 0 Å². The van der Waals surface area contributed by atoms with Crippen LogP contribution in [0, 0.1) is 0 Å². The summed E-state index contributed by atoms with van der Waals surface area (Å²) in [6.07, 6.45) is -0.792. The molecule has 0 fully saturated rings. The van der Waals surface area contributed by atoms with Crippen molar-refractivity contribution in [1.82, 2.24) is 4.98 Å². The molecule has 0 aliphatic rings. The fourth-order valence-corrected chi connectivity index (χ4v) is 0.913. The first-order valence-electron chi connectivity index (χ1n) is 2.59. The first-order chi connectivity index (χ1) is 5.16. The Morgan fingerprint density at radius 2 is 2.27 bits per heavy atom. The number of nitrogens with zero attached hydrogens (tertiary/aromatic N) is 1. The van der Waals surface area contributed by atoms with Gasteiger partial charge in [0.25, 0.3) is 6.43 Å². The van der Waals surface area contributed by atoms with Crippen molar-refractivity contribution in [3.8, 4) is 0 Å².